The lowest BCUT2D eigenvalue weighted by atomic mass is 9.96. The second-order valence-corrected chi connectivity index (χ2v) is 10.6. The molecule has 0 radical (unpaired) electrons. The van der Waals surface area contributed by atoms with Gasteiger partial charge in [-0.05, 0) is 44.8 Å². The van der Waals surface area contributed by atoms with E-state index >= 15 is 0 Å². The third-order valence-corrected chi connectivity index (χ3v) is 7.67. The van der Waals surface area contributed by atoms with Crippen molar-refractivity contribution in [3.05, 3.63) is 129 Å². The maximum Gasteiger partial charge on any atom is 0.330 e. The Bertz CT molecular complexity index is 1870. The number of aliphatic hydroxyl groups excluding tert-OH is 1. The van der Waals surface area contributed by atoms with Crippen LogP contribution in [0.15, 0.2) is 112 Å². The molecule has 2 N–H and O–H groups in total. The predicted molar refractivity (Wildman–Crippen MR) is 162 cm³/mol. The van der Waals surface area contributed by atoms with Gasteiger partial charge >= 0.3 is 5.69 Å². The molecular formula is C33H31N3O7. The van der Waals surface area contributed by atoms with Crippen molar-refractivity contribution in [1.82, 2.24) is 9.55 Å². The number of oxime groups is 1. The molecule has 0 spiro atoms. The first-order valence-corrected chi connectivity index (χ1v) is 13.9. The van der Waals surface area contributed by atoms with E-state index in [9.17, 15) is 14.7 Å². The van der Waals surface area contributed by atoms with Crippen LogP contribution in [0.25, 0.3) is 21.5 Å². The van der Waals surface area contributed by atoms with Crippen molar-refractivity contribution in [3.63, 3.8) is 0 Å². The van der Waals surface area contributed by atoms with Crippen LogP contribution in [0.2, 0.25) is 0 Å². The molecule has 1 fully saturated rings. The zero-order chi connectivity index (χ0) is 29.8. The smallest absolute Gasteiger partial charge is 0.330 e. The van der Waals surface area contributed by atoms with Crippen molar-refractivity contribution in [3.8, 4) is 0 Å². The number of nitrogens with zero attached hydrogens (tertiary/aromatic N) is 2. The SMILES string of the molecule is C=NOC[C@]1(COCc2ccc3ccccc3c2)O[C@@H](n2ccc(=O)[nH]c2=O)[C@@H](O)[C@@H]1OCc1ccc2ccccc2c1. The number of nitrogens with one attached hydrogen (secondary N) is 1. The molecule has 0 aliphatic carbocycles. The maximum absolute atomic E-state index is 12.7. The number of aromatic nitrogens is 2. The van der Waals surface area contributed by atoms with Crippen molar-refractivity contribution in [2.45, 2.75) is 37.3 Å². The third kappa shape index (κ3) is 5.99. The number of aliphatic hydroxyl groups is 1. The number of benzene rings is 4. The minimum Gasteiger partial charge on any atom is -0.393 e. The molecular weight excluding hydrogens is 550 g/mol. The van der Waals surface area contributed by atoms with E-state index in [0.717, 1.165) is 37.2 Å². The monoisotopic (exact) mass is 581 g/mol. The summed E-state index contributed by atoms with van der Waals surface area (Å²) in [4.78, 5) is 32.0. The fourth-order valence-corrected chi connectivity index (χ4v) is 5.55. The molecule has 4 atom stereocenters. The van der Waals surface area contributed by atoms with E-state index in [1.165, 1.54) is 12.3 Å². The van der Waals surface area contributed by atoms with Crippen LogP contribution in [-0.2, 0) is 32.3 Å². The van der Waals surface area contributed by atoms with Crippen LogP contribution in [0.5, 0.6) is 0 Å². The van der Waals surface area contributed by atoms with Crippen molar-refractivity contribution in [2.24, 2.45) is 5.16 Å². The van der Waals surface area contributed by atoms with Gasteiger partial charge in [0.1, 0.15) is 12.2 Å². The summed E-state index contributed by atoms with van der Waals surface area (Å²) in [6, 6.07) is 29.2. The van der Waals surface area contributed by atoms with Crippen LogP contribution in [0.3, 0.4) is 0 Å². The highest BCUT2D eigenvalue weighted by Gasteiger charge is 2.57. The van der Waals surface area contributed by atoms with Crippen LogP contribution < -0.4 is 11.2 Å². The first kappa shape index (κ1) is 28.5. The Balaban J connectivity index is 1.29. The van der Waals surface area contributed by atoms with Gasteiger partial charge in [-0.15, -0.1) is 5.16 Å². The van der Waals surface area contributed by atoms with E-state index < -0.39 is 35.3 Å². The zero-order valence-electron chi connectivity index (χ0n) is 23.3. The van der Waals surface area contributed by atoms with Crippen molar-refractivity contribution >= 4 is 28.3 Å². The highest BCUT2D eigenvalue weighted by molar-refractivity contribution is 5.83. The fraction of sp³-hybridized carbons (Fsp3) is 0.242. The summed E-state index contributed by atoms with van der Waals surface area (Å²) >= 11 is 0. The summed E-state index contributed by atoms with van der Waals surface area (Å²) in [7, 11) is 0. The second kappa shape index (κ2) is 12.3. The Morgan fingerprint density at radius 2 is 1.49 bits per heavy atom. The van der Waals surface area contributed by atoms with E-state index in [1.54, 1.807) is 0 Å². The second-order valence-electron chi connectivity index (χ2n) is 10.6. The van der Waals surface area contributed by atoms with Gasteiger partial charge in [-0.3, -0.25) is 14.3 Å². The first-order chi connectivity index (χ1) is 21.0. The van der Waals surface area contributed by atoms with Gasteiger partial charge < -0.3 is 24.2 Å². The van der Waals surface area contributed by atoms with Crippen LogP contribution in [0.4, 0.5) is 0 Å². The van der Waals surface area contributed by atoms with Gasteiger partial charge in [0.05, 0.1) is 19.8 Å². The zero-order valence-corrected chi connectivity index (χ0v) is 23.3. The Kier molecular flexibility index (Phi) is 8.17. The van der Waals surface area contributed by atoms with Crippen LogP contribution >= 0.6 is 0 Å². The van der Waals surface area contributed by atoms with Gasteiger partial charge in [0.25, 0.3) is 5.56 Å². The number of fused-ring (bicyclic) bond motifs is 2. The van der Waals surface area contributed by atoms with E-state index in [0.29, 0.717) is 0 Å². The number of ether oxygens (including phenoxy) is 3. The van der Waals surface area contributed by atoms with E-state index in [2.05, 4.69) is 16.9 Å². The molecule has 43 heavy (non-hydrogen) atoms. The normalized spacial score (nSPS) is 21.7. The molecule has 1 aromatic heterocycles. The molecule has 6 rings (SSSR count). The average molecular weight is 582 g/mol. The summed E-state index contributed by atoms with van der Waals surface area (Å²) in [5.74, 6) is 0. The molecule has 1 aliphatic rings. The van der Waals surface area contributed by atoms with E-state index in [-0.39, 0.29) is 26.4 Å². The molecule has 0 unspecified atom stereocenters. The number of hydrogen-bond donors (Lipinski definition) is 2. The van der Waals surface area contributed by atoms with Gasteiger partial charge in [0.15, 0.2) is 18.4 Å². The molecule has 10 heteroatoms. The molecule has 0 saturated carbocycles. The summed E-state index contributed by atoms with van der Waals surface area (Å²) in [6.07, 6.45) is -2.28. The minimum atomic E-state index is -1.39. The molecule has 0 amide bonds. The average Bonchev–Trinajstić information content (AvgIpc) is 3.29. The fourth-order valence-electron chi connectivity index (χ4n) is 5.55. The van der Waals surface area contributed by atoms with E-state index in [4.69, 9.17) is 19.0 Å². The van der Waals surface area contributed by atoms with Gasteiger partial charge in [0, 0.05) is 19.0 Å². The molecule has 2 heterocycles. The molecule has 0 bridgehead atoms. The first-order valence-electron chi connectivity index (χ1n) is 13.9. The molecule has 5 aromatic rings. The van der Waals surface area contributed by atoms with Crippen molar-refractivity contribution in [1.29, 1.82) is 0 Å². The lowest BCUT2D eigenvalue weighted by Gasteiger charge is -2.33. The molecule has 1 aliphatic heterocycles. The lowest BCUT2D eigenvalue weighted by Crippen LogP contribution is -2.51. The highest BCUT2D eigenvalue weighted by Crippen LogP contribution is 2.40. The summed E-state index contributed by atoms with van der Waals surface area (Å²) < 4.78 is 20.0. The molecule has 4 aromatic carbocycles. The van der Waals surface area contributed by atoms with Gasteiger partial charge in [-0.25, -0.2) is 4.79 Å². The van der Waals surface area contributed by atoms with Crippen LogP contribution in [0.1, 0.15) is 17.4 Å². The number of hydrogen-bond acceptors (Lipinski definition) is 8. The quantitative estimate of drug-likeness (QED) is 0.179. The third-order valence-electron chi connectivity index (χ3n) is 7.67. The summed E-state index contributed by atoms with van der Waals surface area (Å²) in [5.41, 5.74) is -0.877. The maximum atomic E-state index is 12.7. The number of aromatic amines is 1. The number of rotatable bonds is 11. The topological polar surface area (TPSA) is 124 Å². The standard InChI is InChI=1S/C33H31N3O7/c1-34-42-21-33(20-40-18-22-10-12-24-6-2-4-8-26(24)16-22)30(29(38)31(43-33)36-15-14-28(37)35-32(36)39)41-19-23-11-13-25-7-3-5-9-27(25)17-23/h2-17,29-31,38H,1,18-21H2,(H,35,37,39)/t29-,30-,31+,33-/m0/s1. The van der Waals surface area contributed by atoms with Crippen LogP contribution in [-0.4, -0.2) is 52.4 Å². The number of H-pyrrole nitrogens is 1. The molecule has 1 saturated heterocycles. The largest absolute Gasteiger partial charge is 0.393 e. The minimum absolute atomic E-state index is 0.0661. The Labute approximate surface area is 246 Å². The predicted octanol–water partition coefficient (Wildman–Crippen LogP) is 3.91. The molecule has 220 valence electrons. The van der Waals surface area contributed by atoms with Gasteiger partial charge in [-0.1, -0.05) is 72.8 Å². The Morgan fingerprint density at radius 3 is 2.12 bits per heavy atom. The Morgan fingerprint density at radius 1 is 0.860 bits per heavy atom. The summed E-state index contributed by atoms with van der Waals surface area (Å²) in [6.45, 7) is 3.55. The van der Waals surface area contributed by atoms with Crippen LogP contribution in [0, 0.1) is 0 Å². The molecule has 10 nitrogen and oxygen atoms in total. The van der Waals surface area contributed by atoms with E-state index in [1.807, 2.05) is 84.9 Å². The van der Waals surface area contributed by atoms with Gasteiger partial charge in [0.2, 0.25) is 0 Å². The lowest BCUT2D eigenvalue weighted by molar-refractivity contribution is -0.184. The van der Waals surface area contributed by atoms with Crippen molar-refractivity contribution < 1.29 is 24.2 Å². The van der Waals surface area contributed by atoms with Gasteiger partial charge in [-0.2, -0.15) is 0 Å². The summed E-state index contributed by atoms with van der Waals surface area (Å²) in [5, 5.41) is 19.4. The highest BCUT2D eigenvalue weighted by atomic mass is 16.7. The Hall–Kier alpha value is -4.61. The van der Waals surface area contributed by atoms with Crippen molar-refractivity contribution in [2.75, 3.05) is 13.2 Å².